The van der Waals surface area contributed by atoms with Crippen molar-refractivity contribution in [2.24, 2.45) is 0 Å². The van der Waals surface area contributed by atoms with Crippen LogP contribution in [0.2, 0.25) is 0 Å². The number of halogens is 1. The third kappa shape index (κ3) is 4.69. The first-order valence-corrected chi connectivity index (χ1v) is 9.96. The Morgan fingerprint density at radius 1 is 1.23 bits per heavy atom. The Hall–Kier alpha value is -2.21. The zero-order valence-electron chi connectivity index (χ0n) is 13.7. The molecular formula is C16H15IN2O6S. The second-order valence-corrected chi connectivity index (χ2v) is 8.16. The highest BCUT2D eigenvalue weighted by atomic mass is 127. The van der Waals surface area contributed by atoms with Gasteiger partial charge in [0.15, 0.2) is 0 Å². The molecule has 2 rings (SSSR count). The van der Waals surface area contributed by atoms with Crippen LogP contribution in [0.5, 0.6) is 0 Å². The maximum atomic E-state index is 13.0. The summed E-state index contributed by atoms with van der Waals surface area (Å²) < 4.78 is 32.7. The summed E-state index contributed by atoms with van der Waals surface area (Å²) in [5.41, 5.74) is -0.102. The number of hydrogen-bond acceptors (Lipinski definition) is 6. The summed E-state index contributed by atoms with van der Waals surface area (Å²) >= 11 is 2.07. The van der Waals surface area contributed by atoms with Crippen LogP contribution in [0.3, 0.4) is 0 Å². The van der Waals surface area contributed by atoms with Crippen LogP contribution in [0.4, 0.5) is 11.4 Å². The molecule has 0 radical (unpaired) electrons. The minimum atomic E-state index is -4.21. The van der Waals surface area contributed by atoms with Crippen molar-refractivity contribution >= 4 is 50.0 Å². The second-order valence-electron chi connectivity index (χ2n) is 5.05. The van der Waals surface area contributed by atoms with Crippen molar-refractivity contribution in [3.05, 3.63) is 62.2 Å². The minimum absolute atomic E-state index is 0.107. The molecule has 0 N–H and O–H groups in total. The zero-order chi connectivity index (χ0) is 19.3. The van der Waals surface area contributed by atoms with E-state index in [1.54, 1.807) is 31.2 Å². The number of anilines is 1. The molecule has 0 aromatic heterocycles. The molecule has 0 unspecified atom stereocenters. The van der Waals surface area contributed by atoms with E-state index in [0.29, 0.717) is 0 Å². The van der Waals surface area contributed by atoms with E-state index in [-0.39, 0.29) is 22.9 Å². The molecule has 138 valence electrons. The quantitative estimate of drug-likeness (QED) is 0.256. The summed E-state index contributed by atoms with van der Waals surface area (Å²) in [5, 5.41) is 10.9. The van der Waals surface area contributed by atoms with E-state index >= 15 is 0 Å². The molecule has 0 saturated carbocycles. The van der Waals surface area contributed by atoms with Gasteiger partial charge in [0.2, 0.25) is 0 Å². The molecule has 2 aromatic carbocycles. The molecule has 0 aliphatic heterocycles. The van der Waals surface area contributed by atoms with Gasteiger partial charge in [0.05, 0.1) is 22.1 Å². The van der Waals surface area contributed by atoms with Crippen molar-refractivity contribution in [2.45, 2.75) is 11.8 Å². The van der Waals surface area contributed by atoms with Crippen LogP contribution >= 0.6 is 22.6 Å². The largest absolute Gasteiger partial charge is 0.465 e. The topological polar surface area (TPSA) is 107 Å². The van der Waals surface area contributed by atoms with Crippen LogP contribution < -0.4 is 4.31 Å². The molecule has 0 amide bonds. The number of ether oxygens (including phenoxy) is 1. The van der Waals surface area contributed by atoms with E-state index in [4.69, 9.17) is 4.74 Å². The van der Waals surface area contributed by atoms with Crippen molar-refractivity contribution < 1.29 is 22.9 Å². The fraction of sp³-hybridized carbons (Fsp3) is 0.188. The Labute approximate surface area is 164 Å². The first-order valence-electron chi connectivity index (χ1n) is 7.44. The molecule has 0 saturated heterocycles. The number of non-ortho nitro benzene ring substituents is 1. The van der Waals surface area contributed by atoms with E-state index in [1.807, 2.05) is 0 Å². The van der Waals surface area contributed by atoms with Crippen molar-refractivity contribution in [3.63, 3.8) is 0 Å². The fourth-order valence-electron chi connectivity index (χ4n) is 2.13. The molecule has 0 aliphatic rings. The lowest BCUT2D eigenvalue weighted by Crippen LogP contribution is -2.36. The van der Waals surface area contributed by atoms with Crippen LogP contribution in [0.15, 0.2) is 53.4 Å². The molecular weight excluding hydrogens is 475 g/mol. The van der Waals surface area contributed by atoms with Crippen LogP contribution in [0, 0.1) is 13.7 Å². The van der Waals surface area contributed by atoms with E-state index in [0.717, 1.165) is 13.9 Å². The van der Waals surface area contributed by atoms with E-state index in [1.165, 1.54) is 18.2 Å². The van der Waals surface area contributed by atoms with Crippen molar-refractivity contribution in [2.75, 3.05) is 17.5 Å². The van der Waals surface area contributed by atoms with Gasteiger partial charge in [-0.05, 0) is 59.8 Å². The number of carbonyl (C=O) groups is 1. The predicted octanol–water partition coefficient (Wildman–Crippen LogP) is 2.96. The zero-order valence-corrected chi connectivity index (χ0v) is 16.6. The fourth-order valence-corrected chi connectivity index (χ4v) is 3.94. The molecule has 0 heterocycles. The maximum Gasteiger partial charge on any atom is 0.326 e. The number of benzene rings is 2. The first-order chi connectivity index (χ1) is 12.3. The maximum absolute atomic E-state index is 13.0. The highest BCUT2D eigenvalue weighted by Gasteiger charge is 2.29. The number of nitro groups is 1. The lowest BCUT2D eigenvalue weighted by Gasteiger charge is -2.23. The average molecular weight is 490 g/mol. The molecule has 10 heteroatoms. The summed E-state index contributed by atoms with van der Waals surface area (Å²) in [6.07, 6.45) is 0. The Balaban J connectivity index is 2.51. The number of esters is 1. The van der Waals surface area contributed by atoms with Crippen LogP contribution in [-0.4, -0.2) is 32.5 Å². The summed E-state index contributed by atoms with van der Waals surface area (Å²) in [7, 11) is -4.21. The Bertz CT molecular complexity index is 915. The van der Waals surface area contributed by atoms with Crippen molar-refractivity contribution in [1.82, 2.24) is 0 Å². The highest BCUT2D eigenvalue weighted by molar-refractivity contribution is 14.1. The van der Waals surface area contributed by atoms with Gasteiger partial charge in [-0.3, -0.25) is 19.2 Å². The first kappa shape index (κ1) is 20.1. The van der Waals surface area contributed by atoms with Gasteiger partial charge in [-0.15, -0.1) is 0 Å². The average Bonchev–Trinajstić information content (AvgIpc) is 2.61. The normalized spacial score (nSPS) is 11.0. The van der Waals surface area contributed by atoms with Gasteiger partial charge in [0.25, 0.3) is 15.7 Å². The third-order valence-electron chi connectivity index (χ3n) is 3.31. The molecule has 0 atom stereocenters. The minimum Gasteiger partial charge on any atom is -0.465 e. The molecule has 0 bridgehead atoms. The van der Waals surface area contributed by atoms with Crippen molar-refractivity contribution in [3.8, 4) is 0 Å². The van der Waals surface area contributed by atoms with Gasteiger partial charge in [0.1, 0.15) is 6.54 Å². The Morgan fingerprint density at radius 2 is 1.88 bits per heavy atom. The monoisotopic (exact) mass is 490 g/mol. The van der Waals surface area contributed by atoms with Gasteiger partial charge in [-0.1, -0.05) is 6.07 Å². The van der Waals surface area contributed by atoms with Gasteiger partial charge >= 0.3 is 5.97 Å². The predicted molar refractivity (Wildman–Crippen MR) is 103 cm³/mol. The smallest absolute Gasteiger partial charge is 0.326 e. The number of nitro benzene ring substituents is 1. The molecule has 8 nitrogen and oxygen atoms in total. The lowest BCUT2D eigenvalue weighted by atomic mass is 10.3. The molecule has 2 aromatic rings. The molecule has 26 heavy (non-hydrogen) atoms. The summed E-state index contributed by atoms with van der Waals surface area (Å²) in [6, 6.07) is 11.2. The standard InChI is InChI=1S/C16H15IN2O6S/c1-2-25-16(20)11-18(13-8-6-12(17)7-9-13)26(23,24)15-5-3-4-14(10-15)19(21)22/h3-10H,2,11H2,1H3. The van der Waals surface area contributed by atoms with E-state index in [2.05, 4.69) is 22.6 Å². The number of carbonyl (C=O) groups excluding carboxylic acids is 1. The summed E-state index contributed by atoms with van der Waals surface area (Å²) in [5.74, 6) is -0.722. The summed E-state index contributed by atoms with van der Waals surface area (Å²) in [4.78, 5) is 21.9. The number of sulfonamides is 1. The van der Waals surface area contributed by atoms with Gasteiger partial charge < -0.3 is 4.74 Å². The van der Waals surface area contributed by atoms with Gasteiger partial charge in [-0.25, -0.2) is 8.42 Å². The lowest BCUT2D eigenvalue weighted by molar-refractivity contribution is -0.385. The molecule has 0 spiro atoms. The van der Waals surface area contributed by atoms with Crippen LogP contribution in [0.25, 0.3) is 0 Å². The Morgan fingerprint density at radius 3 is 2.46 bits per heavy atom. The number of rotatable bonds is 7. The van der Waals surface area contributed by atoms with Gasteiger partial charge in [0, 0.05) is 15.7 Å². The highest BCUT2D eigenvalue weighted by Crippen LogP contribution is 2.26. The third-order valence-corrected chi connectivity index (χ3v) is 5.80. The molecule has 0 fully saturated rings. The number of nitrogens with zero attached hydrogens (tertiary/aromatic N) is 2. The van der Waals surface area contributed by atoms with Crippen molar-refractivity contribution in [1.29, 1.82) is 0 Å². The second kappa shape index (κ2) is 8.45. The SMILES string of the molecule is CCOC(=O)CN(c1ccc(I)cc1)S(=O)(=O)c1cccc([N+](=O)[O-])c1. The van der Waals surface area contributed by atoms with E-state index in [9.17, 15) is 23.3 Å². The van der Waals surface area contributed by atoms with Crippen LogP contribution in [0.1, 0.15) is 6.92 Å². The number of hydrogen-bond donors (Lipinski definition) is 0. The molecule has 0 aliphatic carbocycles. The van der Waals surface area contributed by atoms with Crippen LogP contribution in [-0.2, 0) is 19.6 Å². The van der Waals surface area contributed by atoms with E-state index < -0.39 is 27.5 Å². The summed E-state index contributed by atoms with van der Waals surface area (Å²) in [6.45, 7) is 1.18. The Kier molecular flexibility index (Phi) is 6.53. The van der Waals surface area contributed by atoms with Gasteiger partial charge in [-0.2, -0.15) is 0 Å².